The van der Waals surface area contributed by atoms with E-state index in [1.54, 1.807) is 6.33 Å². The maximum absolute atomic E-state index is 12.3. The number of aromatic nitrogens is 5. The van der Waals surface area contributed by atoms with Crippen LogP contribution in [0.4, 0.5) is 10.6 Å². The van der Waals surface area contributed by atoms with Crippen molar-refractivity contribution in [1.82, 2.24) is 29.9 Å². The number of anilines is 1. The van der Waals surface area contributed by atoms with E-state index in [0.29, 0.717) is 18.3 Å². The molecule has 0 unspecified atom stereocenters. The predicted octanol–water partition coefficient (Wildman–Crippen LogP) is 3.00. The first-order valence-electron chi connectivity index (χ1n) is 9.51. The third-order valence-electron chi connectivity index (χ3n) is 4.27. The van der Waals surface area contributed by atoms with Crippen LogP contribution in [-0.4, -0.2) is 30.6 Å². The summed E-state index contributed by atoms with van der Waals surface area (Å²) in [5.74, 6) is 1.85. The van der Waals surface area contributed by atoms with Crippen molar-refractivity contribution >= 4 is 11.8 Å². The Kier molecular flexibility index (Phi) is 6.41. The van der Waals surface area contributed by atoms with Crippen LogP contribution in [0.1, 0.15) is 30.9 Å². The smallest absolute Gasteiger partial charge is 0.320 e. The molecule has 3 aromatic rings. The van der Waals surface area contributed by atoms with E-state index in [1.165, 1.54) is 5.56 Å². The largest absolute Gasteiger partial charge is 0.331 e. The van der Waals surface area contributed by atoms with Crippen LogP contribution in [0, 0.1) is 12.8 Å². The number of hydrogen-bond donors (Lipinski definition) is 2. The van der Waals surface area contributed by atoms with E-state index in [4.69, 9.17) is 0 Å². The lowest BCUT2D eigenvalue weighted by atomic mass is 10.1. The summed E-state index contributed by atoms with van der Waals surface area (Å²) < 4.78 is 3.78. The Bertz CT molecular complexity index is 898. The molecule has 0 spiro atoms. The minimum atomic E-state index is -0.289. The van der Waals surface area contributed by atoms with Crippen molar-refractivity contribution in [3.63, 3.8) is 0 Å². The first-order valence-corrected chi connectivity index (χ1v) is 9.51. The van der Waals surface area contributed by atoms with E-state index in [9.17, 15) is 4.79 Å². The molecule has 2 heterocycles. The summed E-state index contributed by atoms with van der Waals surface area (Å²) in [5, 5.41) is 18.2. The minimum absolute atomic E-state index is 0.289. The van der Waals surface area contributed by atoms with Gasteiger partial charge in [0.1, 0.15) is 12.1 Å². The lowest BCUT2D eigenvalue weighted by Crippen LogP contribution is -2.30. The molecule has 0 saturated heterocycles. The standard InChI is InChI=1S/C20H27N7O/c1-15(2)13-27-18(11-16(3)25-27)23-20(28)21-12-19-24-22-14-26(19)10-9-17-7-5-4-6-8-17/h4-8,11,14-15H,9-10,12-13H2,1-3H3,(H2,21,23,28). The monoisotopic (exact) mass is 381 g/mol. The van der Waals surface area contributed by atoms with Crippen molar-refractivity contribution in [2.75, 3.05) is 5.32 Å². The number of hydrogen-bond acceptors (Lipinski definition) is 4. The average molecular weight is 381 g/mol. The molecule has 1 aromatic carbocycles. The van der Waals surface area contributed by atoms with Gasteiger partial charge < -0.3 is 9.88 Å². The average Bonchev–Trinajstić information content (AvgIpc) is 3.24. The van der Waals surface area contributed by atoms with Gasteiger partial charge in [-0.05, 0) is 24.8 Å². The minimum Gasteiger partial charge on any atom is -0.331 e. The zero-order valence-electron chi connectivity index (χ0n) is 16.6. The number of nitrogens with zero attached hydrogens (tertiary/aromatic N) is 5. The van der Waals surface area contributed by atoms with Crippen LogP contribution in [0.25, 0.3) is 0 Å². The summed E-state index contributed by atoms with van der Waals surface area (Å²) in [5.41, 5.74) is 2.12. The molecule has 0 aliphatic rings. The number of carbonyl (C=O) groups is 1. The molecule has 0 radical (unpaired) electrons. The highest BCUT2D eigenvalue weighted by atomic mass is 16.2. The molecular formula is C20H27N7O. The summed E-state index contributed by atoms with van der Waals surface area (Å²) >= 11 is 0. The van der Waals surface area contributed by atoms with Gasteiger partial charge in [-0.3, -0.25) is 5.32 Å². The van der Waals surface area contributed by atoms with Crippen molar-refractivity contribution in [2.24, 2.45) is 5.92 Å². The summed E-state index contributed by atoms with van der Waals surface area (Å²) in [7, 11) is 0. The Balaban J connectivity index is 1.54. The number of urea groups is 1. The van der Waals surface area contributed by atoms with Gasteiger partial charge in [-0.2, -0.15) is 5.10 Å². The van der Waals surface area contributed by atoms with E-state index in [1.807, 2.05) is 40.4 Å². The normalized spacial score (nSPS) is 11.0. The number of aryl methyl sites for hydroxylation is 3. The van der Waals surface area contributed by atoms with Crippen LogP contribution < -0.4 is 10.6 Å². The van der Waals surface area contributed by atoms with Gasteiger partial charge in [-0.15, -0.1) is 10.2 Å². The third kappa shape index (κ3) is 5.42. The molecule has 2 amide bonds. The number of amides is 2. The second kappa shape index (κ2) is 9.16. The fourth-order valence-corrected chi connectivity index (χ4v) is 2.95. The summed E-state index contributed by atoms with van der Waals surface area (Å²) in [6.07, 6.45) is 2.57. The van der Waals surface area contributed by atoms with Gasteiger partial charge in [0.15, 0.2) is 5.82 Å². The first kappa shape index (κ1) is 19.6. The SMILES string of the molecule is Cc1cc(NC(=O)NCc2nncn2CCc2ccccc2)n(CC(C)C)n1. The molecule has 148 valence electrons. The van der Waals surface area contributed by atoms with Crippen LogP contribution in [0.3, 0.4) is 0 Å². The van der Waals surface area contributed by atoms with E-state index >= 15 is 0 Å². The lowest BCUT2D eigenvalue weighted by Gasteiger charge is -2.12. The highest BCUT2D eigenvalue weighted by Crippen LogP contribution is 2.12. The molecule has 0 atom stereocenters. The summed E-state index contributed by atoms with van der Waals surface area (Å²) in [4.78, 5) is 12.3. The Morgan fingerprint density at radius 1 is 1.21 bits per heavy atom. The Hall–Kier alpha value is -3.16. The highest BCUT2D eigenvalue weighted by molar-refractivity contribution is 5.88. The number of carbonyl (C=O) groups excluding carboxylic acids is 1. The lowest BCUT2D eigenvalue weighted by molar-refractivity contribution is 0.251. The van der Waals surface area contributed by atoms with E-state index in [0.717, 1.165) is 31.0 Å². The molecule has 8 heteroatoms. The van der Waals surface area contributed by atoms with Gasteiger partial charge in [-0.25, -0.2) is 9.48 Å². The number of benzene rings is 1. The Labute approximate surface area is 165 Å². The topological polar surface area (TPSA) is 89.7 Å². The van der Waals surface area contributed by atoms with Gasteiger partial charge >= 0.3 is 6.03 Å². The van der Waals surface area contributed by atoms with Crippen molar-refractivity contribution in [2.45, 2.75) is 46.8 Å². The third-order valence-corrected chi connectivity index (χ3v) is 4.27. The van der Waals surface area contributed by atoms with Crippen LogP contribution in [0.15, 0.2) is 42.7 Å². The van der Waals surface area contributed by atoms with Crippen molar-refractivity contribution in [3.8, 4) is 0 Å². The molecule has 0 bridgehead atoms. The van der Waals surface area contributed by atoms with E-state index in [-0.39, 0.29) is 6.03 Å². The zero-order chi connectivity index (χ0) is 19.9. The molecule has 0 aliphatic heterocycles. The van der Waals surface area contributed by atoms with Gasteiger partial charge in [0.05, 0.1) is 12.2 Å². The quantitative estimate of drug-likeness (QED) is 0.628. The van der Waals surface area contributed by atoms with Crippen LogP contribution >= 0.6 is 0 Å². The van der Waals surface area contributed by atoms with Gasteiger partial charge in [-0.1, -0.05) is 44.2 Å². The summed E-state index contributed by atoms with van der Waals surface area (Å²) in [6.45, 7) is 7.95. The Morgan fingerprint density at radius 3 is 2.75 bits per heavy atom. The maximum Gasteiger partial charge on any atom is 0.320 e. The maximum atomic E-state index is 12.3. The molecule has 2 N–H and O–H groups in total. The van der Waals surface area contributed by atoms with Crippen molar-refractivity contribution < 1.29 is 4.79 Å². The summed E-state index contributed by atoms with van der Waals surface area (Å²) in [6, 6.07) is 11.8. The van der Waals surface area contributed by atoms with Crippen LogP contribution in [0.5, 0.6) is 0 Å². The van der Waals surface area contributed by atoms with Gasteiger partial charge in [0, 0.05) is 19.2 Å². The Morgan fingerprint density at radius 2 is 2.00 bits per heavy atom. The van der Waals surface area contributed by atoms with Crippen LogP contribution in [-0.2, 0) is 26.1 Å². The van der Waals surface area contributed by atoms with Gasteiger partial charge in [0.25, 0.3) is 0 Å². The van der Waals surface area contributed by atoms with E-state index < -0.39 is 0 Å². The molecule has 8 nitrogen and oxygen atoms in total. The number of rotatable bonds is 8. The van der Waals surface area contributed by atoms with Crippen LogP contribution in [0.2, 0.25) is 0 Å². The second-order valence-electron chi connectivity index (χ2n) is 7.23. The molecule has 28 heavy (non-hydrogen) atoms. The highest BCUT2D eigenvalue weighted by Gasteiger charge is 2.12. The molecule has 0 saturated carbocycles. The molecule has 0 fully saturated rings. The van der Waals surface area contributed by atoms with Gasteiger partial charge in [0.2, 0.25) is 0 Å². The van der Waals surface area contributed by atoms with E-state index in [2.05, 4.69) is 51.9 Å². The molecule has 3 rings (SSSR count). The predicted molar refractivity (Wildman–Crippen MR) is 108 cm³/mol. The molecule has 2 aromatic heterocycles. The molecular weight excluding hydrogens is 354 g/mol. The first-order chi connectivity index (χ1) is 13.5. The van der Waals surface area contributed by atoms with Crippen molar-refractivity contribution in [1.29, 1.82) is 0 Å². The molecule has 0 aliphatic carbocycles. The fraction of sp³-hybridized carbons (Fsp3) is 0.400. The van der Waals surface area contributed by atoms with Crippen molar-refractivity contribution in [3.05, 3.63) is 59.8 Å². The zero-order valence-corrected chi connectivity index (χ0v) is 16.6. The second-order valence-corrected chi connectivity index (χ2v) is 7.23. The fourth-order valence-electron chi connectivity index (χ4n) is 2.95. The number of nitrogens with one attached hydrogen (secondary N) is 2.